The van der Waals surface area contributed by atoms with Crippen LogP contribution in [-0.2, 0) is 14.8 Å². The Hall–Kier alpha value is -2.41. The average Bonchev–Trinajstić information content (AvgIpc) is 2.94. The van der Waals surface area contributed by atoms with Gasteiger partial charge in [0, 0.05) is 44.4 Å². The van der Waals surface area contributed by atoms with Crippen LogP contribution < -0.4 is 15.4 Å². The number of nitrogens with zero attached hydrogens (tertiary/aromatic N) is 2. The fourth-order valence-electron chi connectivity index (χ4n) is 5.45. The summed E-state index contributed by atoms with van der Waals surface area (Å²) in [6.45, 7) is 6.19. The normalized spacial score (nSPS) is 24.3. The van der Waals surface area contributed by atoms with E-state index in [4.69, 9.17) is 9.47 Å². The number of urea groups is 1. The summed E-state index contributed by atoms with van der Waals surface area (Å²) in [6.07, 6.45) is 8.17. The molecule has 12 heteroatoms. The highest BCUT2D eigenvalue weighted by Gasteiger charge is 2.31. The molecule has 2 aliphatic rings. The van der Waals surface area contributed by atoms with Gasteiger partial charge < -0.3 is 30.1 Å². The Morgan fingerprint density at radius 1 is 1.14 bits per heavy atom. The van der Waals surface area contributed by atoms with Crippen LogP contribution in [0, 0.1) is 5.92 Å². The molecule has 1 aliphatic carbocycles. The van der Waals surface area contributed by atoms with Gasteiger partial charge in [-0.15, -0.1) is 0 Å². The van der Waals surface area contributed by atoms with Crippen molar-refractivity contribution in [2.75, 3.05) is 44.9 Å². The van der Waals surface area contributed by atoms with Gasteiger partial charge in [-0.05, 0) is 64.2 Å². The van der Waals surface area contributed by atoms with Gasteiger partial charge in [0.15, 0.2) is 0 Å². The second-order valence-electron chi connectivity index (χ2n) is 12.0. The van der Waals surface area contributed by atoms with E-state index in [2.05, 4.69) is 10.6 Å². The van der Waals surface area contributed by atoms with Crippen LogP contribution in [0.15, 0.2) is 18.2 Å². The van der Waals surface area contributed by atoms with Crippen molar-refractivity contribution < 1.29 is 32.6 Å². The van der Waals surface area contributed by atoms with E-state index in [0.29, 0.717) is 18.0 Å². The molecule has 1 heterocycles. The summed E-state index contributed by atoms with van der Waals surface area (Å²) >= 11 is 0. The first kappa shape index (κ1) is 34.1. The fraction of sp³-hybridized carbons (Fsp3) is 0.733. The summed E-state index contributed by atoms with van der Waals surface area (Å²) in [4.78, 5) is 28.5. The van der Waals surface area contributed by atoms with E-state index < -0.39 is 22.2 Å². The highest BCUT2D eigenvalue weighted by Crippen LogP contribution is 2.29. The number of rotatable bonds is 7. The van der Waals surface area contributed by atoms with E-state index in [9.17, 15) is 23.1 Å². The number of sulfonamides is 1. The van der Waals surface area contributed by atoms with Crippen molar-refractivity contribution in [3.05, 3.63) is 23.8 Å². The number of benzene rings is 1. The number of likely N-dealkylation sites (N-methyl/N-ethyl adjacent to an activating group) is 1. The molecule has 1 aliphatic heterocycles. The van der Waals surface area contributed by atoms with Crippen molar-refractivity contribution in [1.82, 2.24) is 14.5 Å². The summed E-state index contributed by atoms with van der Waals surface area (Å²) in [7, 11) is -1.91. The highest BCUT2D eigenvalue weighted by molar-refractivity contribution is 7.88. The minimum atomic E-state index is -3.43. The summed E-state index contributed by atoms with van der Waals surface area (Å²) in [6, 6.07) is 4.37. The summed E-state index contributed by atoms with van der Waals surface area (Å²) in [5, 5.41) is 16.0. The number of ether oxygens (including phenoxy) is 2. The topological polar surface area (TPSA) is 138 Å². The van der Waals surface area contributed by atoms with Crippen LogP contribution in [0.2, 0.25) is 0 Å². The molecule has 0 aromatic heterocycles. The minimum absolute atomic E-state index is 0.140. The fourth-order valence-corrected chi connectivity index (χ4v) is 5.87. The van der Waals surface area contributed by atoms with Crippen LogP contribution in [0.5, 0.6) is 5.75 Å². The Bertz CT molecular complexity index is 1140. The molecule has 0 unspecified atom stereocenters. The van der Waals surface area contributed by atoms with Crippen LogP contribution in [0.1, 0.15) is 82.5 Å². The van der Waals surface area contributed by atoms with Crippen molar-refractivity contribution in [2.24, 2.45) is 5.92 Å². The van der Waals surface area contributed by atoms with Crippen LogP contribution in [0.3, 0.4) is 0 Å². The minimum Gasteiger partial charge on any atom is -0.490 e. The first-order valence-corrected chi connectivity index (χ1v) is 17.1. The van der Waals surface area contributed by atoms with E-state index in [-0.39, 0.29) is 55.3 Å². The average molecular weight is 611 g/mol. The molecule has 1 aromatic carbocycles. The lowest BCUT2D eigenvalue weighted by molar-refractivity contribution is -0.00828. The summed E-state index contributed by atoms with van der Waals surface area (Å²) in [5.41, 5.74) is 0.751. The molecule has 3 N–H and O–H groups in total. The number of carbonyl (C=O) groups is 2. The van der Waals surface area contributed by atoms with Gasteiger partial charge in [-0.25, -0.2) is 17.5 Å². The monoisotopic (exact) mass is 610 g/mol. The largest absolute Gasteiger partial charge is 0.490 e. The third-order valence-electron chi connectivity index (χ3n) is 8.25. The molecule has 0 spiro atoms. The number of nitrogens with one attached hydrogen (secondary N) is 2. The van der Waals surface area contributed by atoms with Crippen molar-refractivity contribution in [3.63, 3.8) is 0 Å². The van der Waals surface area contributed by atoms with E-state index in [1.165, 1.54) is 17.8 Å². The lowest BCUT2D eigenvalue weighted by atomic mass is 9.96. The van der Waals surface area contributed by atoms with Gasteiger partial charge in [0.1, 0.15) is 5.75 Å². The molecule has 42 heavy (non-hydrogen) atoms. The summed E-state index contributed by atoms with van der Waals surface area (Å²) < 4.78 is 38.0. The van der Waals surface area contributed by atoms with Crippen LogP contribution in [-0.4, -0.2) is 98.6 Å². The van der Waals surface area contributed by atoms with E-state index >= 15 is 0 Å². The number of carbonyl (C=O) groups excluding carboxylic acids is 2. The third kappa shape index (κ3) is 10.1. The predicted molar refractivity (Wildman–Crippen MR) is 163 cm³/mol. The second-order valence-corrected chi connectivity index (χ2v) is 14.1. The molecule has 11 nitrogen and oxygen atoms in total. The predicted octanol–water partition coefficient (Wildman–Crippen LogP) is 3.83. The van der Waals surface area contributed by atoms with Crippen molar-refractivity contribution in [2.45, 2.75) is 96.4 Å². The molecule has 0 bridgehead atoms. The van der Waals surface area contributed by atoms with Crippen molar-refractivity contribution >= 4 is 27.6 Å². The molecule has 3 rings (SSSR count). The first-order valence-electron chi connectivity index (χ1n) is 15.2. The number of aliphatic hydroxyl groups excluding tert-OH is 1. The zero-order valence-electron chi connectivity index (χ0n) is 25.8. The molecule has 4 atom stereocenters. The van der Waals surface area contributed by atoms with Crippen LogP contribution >= 0.6 is 0 Å². The molecule has 1 aromatic rings. The molecule has 238 valence electrons. The van der Waals surface area contributed by atoms with Crippen LogP contribution in [0.4, 0.5) is 10.5 Å². The summed E-state index contributed by atoms with van der Waals surface area (Å²) in [5.74, 6) is -0.189. The lowest BCUT2D eigenvalue weighted by Crippen LogP contribution is -2.48. The van der Waals surface area contributed by atoms with Gasteiger partial charge in [0.05, 0.1) is 36.7 Å². The number of aliphatic hydroxyl groups is 1. The molecule has 3 amide bonds. The maximum Gasteiger partial charge on any atom is 0.319 e. The molecule has 1 fully saturated rings. The number of hydrogen-bond acceptors (Lipinski definition) is 7. The zero-order valence-corrected chi connectivity index (χ0v) is 26.6. The van der Waals surface area contributed by atoms with E-state index in [1.807, 2.05) is 13.8 Å². The maximum atomic E-state index is 14.2. The molecular weight excluding hydrogens is 560 g/mol. The lowest BCUT2D eigenvalue weighted by Gasteiger charge is -2.35. The molecular formula is C30H50N4O7S. The molecule has 0 saturated heterocycles. The quantitative estimate of drug-likeness (QED) is 0.427. The highest BCUT2D eigenvalue weighted by atomic mass is 32.2. The van der Waals surface area contributed by atoms with Gasteiger partial charge in [-0.2, -0.15) is 0 Å². The van der Waals surface area contributed by atoms with Crippen LogP contribution in [0.25, 0.3) is 0 Å². The maximum absolute atomic E-state index is 14.2. The first-order chi connectivity index (χ1) is 19.9. The Labute approximate surface area is 251 Å². The molecule has 1 saturated carbocycles. The van der Waals surface area contributed by atoms with Gasteiger partial charge in [0.25, 0.3) is 5.91 Å². The zero-order chi connectivity index (χ0) is 30.9. The van der Waals surface area contributed by atoms with Gasteiger partial charge >= 0.3 is 6.03 Å². The standard InChI is InChI=1S/C30H50N4O7S/c1-21-18-34(22(2)20-35)29(36)26-17-25(32-30(37)31-24-12-7-6-8-13-24)14-15-27(26)41-23(3)11-9-10-16-40-28(21)19-33(4)42(5,38)39/h14-15,17,21-24,28,35H,6-13,16,18-20H2,1-5H3,(H2,31,32,37)/t21-,22-,23-,28+/m0/s1. The third-order valence-corrected chi connectivity index (χ3v) is 9.53. The van der Waals surface area contributed by atoms with E-state index in [1.54, 1.807) is 30.0 Å². The Morgan fingerprint density at radius 2 is 1.83 bits per heavy atom. The number of amides is 3. The Kier molecular flexibility index (Phi) is 12.9. The van der Waals surface area contributed by atoms with Gasteiger partial charge in [-0.3, -0.25) is 4.79 Å². The number of hydrogen-bond donors (Lipinski definition) is 3. The number of anilines is 1. The van der Waals surface area contributed by atoms with Gasteiger partial charge in [0.2, 0.25) is 10.0 Å². The van der Waals surface area contributed by atoms with Gasteiger partial charge in [-0.1, -0.05) is 26.2 Å². The van der Waals surface area contributed by atoms with Crippen molar-refractivity contribution in [1.29, 1.82) is 0 Å². The Balaban J connectivity index is 1.91. The van der Waals surface area contributed by atoms with E-state index in [0.717, 1.165) is 51.2 Å². The SMILES string of the molecule is C[C@H]1CCCCO[C@H](CN(C)S(C)(=O)=O)[C@@H](C)CN([C@@H](C)CO)C(=O)c2cc(NC(=O)NC3CCCCC3)ccc2O1. The molecule has 0 radical (unpaired) electrons. The Morgan fingerprint density at radius 3 is 2.50 bits per heavy atom. The smallest absolute Gasteiger partial charge is 0.319 e. The number of fused-ring (bicyclic) bond motifs is 1. The second kappa shape index (κ2) is 15.9. The van der Waals surface area contributed by atoms with Crippen molar-refractivity contribution in [3.8, 4) is 5.75 Å².